The SMILES string of the molecule is C=C(C)C(=O)SC(CCCCCC)CC(S)CCC. The highest BCUT2D eigenvalue weighted by molar-refractivity contribution is 8.14. The number of rotatable bonds is 11. The summed E-state index contributed by atoms with van der Waals surface area (Å²) in [5.41, 5.74) is 0.662. The topological polar surface area (TPSA) is 17.1 Å². The second kappa shape index (κ2) is 11.9. The zero-order valence-corrected chi connectivity index (χ0v) is 14.5. The molecule has 0 saturated carbocycles. The van der Waals surface area contributed by atoms with E-state index in [9.17, 15) is 4.79 Å². The fourth-order valence-electron chi connectivity index (χ4n) is 2.03. The van der Waals surface area contributed by atoms with Crippen LogP contribution in [0.4, 0.5) is 0 Å². The average molecular weight is 303 g/mol. The molecule has 0 aromatic carbocycles. The third-order valence-corrected chi connectivity index (χ3v) is 4.95. The minimum Gasteiger partial charge on any atom is -0.282 e. The van der Waals surface area contributed by atoms with E-state index < -0.39 is 0 Å². The molecule has 0 amide bonds. The Morgan fingerprint density at radius 1 is 1.16 bits per heavy atom. The Morgan fingerprint density at radius 2 is 1.84 bits per heavy atom. The Hall–Kier alpha value is 0.110. The molecule has 0 bridgehead atoms. The van der Waals surface area contributed by atoms with Crippen LogP contribution in [-0.4, -0.2) is 15.6 Å². The maximum atomic E-state index is 11.8. The minimum absolute atomic E-state index is 0.150. The van der Waals surface area contributed by atoms with E-state index in [1.807, 2.05) is 0 Å². The molecule has 112 valence electrons. The van der Waals surface area contributed by atoms with Crippen molar-refractivity contribution in [1.82, 2.24) is 0 Å². The number of carbonyl (C=O) groups excluding carboxylic acids is 1. The zero-order valence-electron chi connectivity index (χ0n) is 12.8. The van der Waals surface area contributed by atoms with Crippen LogP contribution in [-0.2, 0) is 4.79 Å². The first-order chi connectivity index (χ1) is 9.01. The van der Waals surface area contributed by atoms with Crippen LogP contribution in [0.3, 0.4) is 0 Å². The summed E-state index contributed by atoms with van der Waals surface area (Å²) in [6.07, 6.45) is 9.52. The van der Waals surface area contributed by atoms with Gasteiger partial charge in [-0.25, -0.2) is 0 Å². The summed E-state index contributed by atoms with van der Waals surface area (Å²) in [6, 6.07) is 0. The second-order valence-electron chi connectivity index (χ2n) is 5.34. The summed E-state index contributed by atoms with van der Waals surface area (Å²) in [4.78, 5) is 11.8. The molecular weight excluding hydrogens is 272 g/mol. The van der Waals surface area contributed by atoms with Crippen LogP contribution in [0.2, 0.25) is 0 Å². The van der Waals surface area contributed by atoms with E-state index in [2.05, 4.69) is 33.1 Å². The Balaban J connectivity index is 4.21. The predicted octanol–water partition coefficient (Wildman–Crippen LogP) is 5.65. The van der Waals surface area contributed by atoms with Crippen molar-refractivity contribution in [3.8, 4) is 0 Å². The van der Waals surface area contributed by atoms with Crippen molar-refractivity contribution in [1.29, 1.82) is 0 Å². The molecular formula is C16H30OS2. The highest BCUT2D eigenvalue weighted by atomic mass is 32.2. The van der Waals surface area contributed by atoms with E-state index in [0.29, 0.717) is 16.1 Å². The summed E-state index contributed by atoms with van der Waals surface area (Å²) in [5, 5.41) is 0.985. The smallest absolute Gasteiger partial charge is 0.214 e. The van der Waals surface area contributed by atoms with Crippen LogP contribution in [0, 0.1) is 0 Å². The van der Waals surface area contributed by atoms with Gasteiger partial charge in [0.15, 0.2) is 0 Å². The lowest BCUT2D eigenvalue weighted by Gasteiger charge is -2.19. The first-order valence-electron chi connectivity index (χ1n) is 7.55. The average Bonchev–Trinajstić information content (AvgIpc) is 2.34. The predicted molar refractivity (Wildman–Crippen MR) is 92.3 cm³/mol. The lowest BCUT2D eigenvalue weighted by molar-refractivity contribution is -0.107. The van der Waals surface area contributed by atoms with Gasteiger partial charge in [0.1, 0.15) is 0 Å². The van der Waals surface area contributed by atoms with Gasteiger partial charge in [0.05, 0.1) is 0 Å². The van der Waals surface area contributed by atoms with Crippen molar-refractivity contribution < 1.29 is 4.79 Å². The highest BCUT2D eigenvalue weighted by Crippen LogP contribution is 2.28. The van der Waals surface area contributed by atoms with Gasteiger partial charge in [0.2, 0.25) is 5.12 Å². The molecule has 0 aliphatic carbocycles. The minimum atomic E-state index is 0.150. The normalized spacial score (nSPS) is 14.1. The van der Waals surface area contributed by atoms with Gasteiger partial charge < -0.3 is 0 Å². The number of hydrogen-bond acceptors (Lipinski definition) is 3. The third-order valence-electron chi connectivity index (χ3n) is 3.16. The van der Waals surface area contributed by atoms with Crippen molar-refractivity contribution >= 4 is 29.5 Å². The molecule has 1 nitrogen and oxygen atoms in total. The number of carbonyl (C=O) groups is 1. The van der Waals surface area contributed by atoms with Gasteiger partial charge in [0.25, 0.3) is 0 Å². The fraction of sp³-hybridized carbons (Fsp3) is 0.812. The van der Waals surface area contributed by atoms with E-state index in [1.165, 1.54) is 37.4 Å². The lowest BCUT2D eigenvalue weighted by Crippen LogP contribution is -2.14. The molecule has 2 unspecified atom stereocenters. The number of thioether (sulfide) groups is 1. The van der Waals surface area contributed by atoms with E-state index >= 15 is 0 Å². The molecule has 0 N–H and O–H groups in total. The molecule has 0 fully saturated rings. The largest absolute Gasteiger partial charge is 0.282 e. The molecule has 3 heteroatoms. The summed E-state index contributed by atoms with van der Waals surface area (Å²) in [7, 11) is 0. The van der Waals surface area contributed by atoms with Crippen LogP contribution in [0.15, 0.2) is 12.2 Å². The first-order valence-corrected chi connectivity index (χ1v) is 8.95. The molecule has 0 radical (unpaired) electrons. The van der Waals surface area contributed by atoms with Gasteiger partial charge in [-0.1, -0.05) is 64.3 Å². The highest BCUT2D eigenvalue weighted by Gasteiger charge is 2.18. The summed E-state index contributed by atoms with van der Waals surface area (Å²) >= 11 is 6.12. The summed E-state index contributed by atoms with van der Waals surface area (Å²) in [5.74, 6) is 0. The molecule has 0 aromatic heterocycles. The van der Waals surface area contributed by atoms with Crippen LogP contribution in [0.1, 0.15) is 72.1 Å². The van der Waals surface area contributed by atoms with Crippen LogP contribution < -0.4 is 0 Å². The number of hydrogen-bond donors (Lipinski definition) is 1. The Bertz CT molecular complexity index is 263. The molecule has 19 heavy (non-hydrogen) atoms. The Morgan fingerprint density at radius 3 is 2.37 bits per heavy atom. The van der Waals surface area contributed by atoms with Gasteiger partial charge >= 0.3 is 0 Å². The molecule has 0 heterocycles. The van der Waals surface area contributed by atoms with Crippen molar-refractivity contribution in [3.05, 3.63) is 12.2 Å². The Labute approximate surface area is 129 Å². The number of thiol groups is 1. The number of unbranched alkanes of at least 4 members (excludes halogenated alkanes) is 3. The molecule has 0 aromatic rings. The van der Waals surface area contributed by atoms with E-state index in [4.69, 9.17) is 0 Å². The molecule has 0 saturated heterocycles. The van der Waals surface area contributed by atoms with Crippen molar-refractivity contribution in [2.24, 2.45) is 0 Å². The third kappa shape index (κ3) is 10.5. The Kier molecular flexibility index (Phi) is 12.0. The van der Waals surface area contributed by atoms with Crippen LogP contribution in [0.25, 0.3) is 0 Å². The molecule has 0 aliphatic heterocycles. The molecule has 0 spiro atoms. The van der Waals surface area contributed by atoms with Crippen LogP contribution in [0.5, 0.6) is 0 Å². The maximum Gasteiger partial charge on any atom is 0.214 e. The quantitative estimate of drug-likeness (QED) is 0.302. The maximum absolute atomic E-state index is 11.8. The fourth-order valence-corrected chi connectivity index (χ4v) is 3.80. The summed E-state index contributed by atoms with van der Waals surface area (Å²) < 4.78 is 0. The standard InChI is InChI=1S/C16H30OS2/c1-5-7-8-9-11-15(12-14(18)10-6-2)19-16(17)13(3)4/h14-15,18H,3,5-12H2,1-2,4H3. The van der Waals surface area contributed by atoms with Crippen molar-refractivity contribution in [2.45, 2.75) is 82.6 Å². The van der Waals surface area contributed by atoms with Crippen molar-refractivity contribution in [2.75, 3.05) is 0 Å². The van der Waals surface area contributed by atoms with Gasteiger partial charge in [0, 0.05) is 10.5 Å². The van der Waals surface area contributed by atoms with Gasteiger partial charge in [-0.05, 0) is 31.8 Å². The molecule has 0 rings (SSSR count). The van der Waals surface area contributed by atoms with Crippen LogP contribution >= 0.6 is 24.4 Å². The van der Waals surface area contributed by atoms with E-state index in [0.717, 1.165) is 25.7 Å². The lowest BCUT2D eigenvalue weighted by atomic mass is 10.1. The van der Waals surface area contributed by atoms with Crippen molar-refractivity contribution in [3.63, 3.8) is 0 Å². The van der Waals surface area contributed by atoms with Gasteiger partial charge in [-0.3, -0.25) is 4.79 Å². The summed E-state index contributed by atoms with van der Waals surface area (Å²) in [6.45, 7) is 9.95. The van der Waals surface area contributed by atoms with E-state index in [-0.39, 0.29) is 5.12 Å². The van der Waals surface area contributed by atoms with Gasteiger partial charge in [-0.15, -0.1) is 0 Å². The monoisotopic (exact) mass is 302 g/mol. The van der Waals surface area contributed by atoms with Gasteiger partial charge in [-0.2, -0.15) is 12.6 Å². The first kappa shape index (κ1) is 19.1. The molecule has 0 aliphatic rings. The molecule has 2 atom stereocenters. The zero-order chi connectivity index (χ0) is 14.7. The van der Waals surface area contributed by atoms with E-state index in [1.54, 1.807) is 6.92 Å². The second-order valence-corrected chi connectivity index (χ2v) is 7.34.